The summed E-state index contributed by atoms with van der Waals surface area (Å²) in [6.07, 6.45) is 2.67. The molecule has 162 valence electrons. The normalized spacial score (nSPS) is 16.2. The number of hydrogen-bond acceptors (Lipinski definition) is 6. The van der Waals surface area contributed by atoms with Crippen molar-refractivity contribution in [3.63, 3.8) is 0 Å². The van der Waals surface area contributed by atoms with E-state index in [0.717, 1.165) is 42.9 Å². The van der Waals surface area contributed by atoms with Gasteiger partial charge in [0.05, 0.1) is 12.8 Å². The van der Waals surface area contributed by atoms with Crippen molar-refractivity contribution < 1.29 is 14.1 Å². The smallest absolute Gasteiger partial charge is 0.227 e. The highest BCUT2D eigenvalue weighted by Crippen LogP contribution is 2.30. The molecular formula is C23H25ClN4O3. The number of benzene rings is 2. The number of rotatable bonds is 7. The molecule has 0 saturated carbocycles. The number of nitrogens with one attached hydrogen (secondary N) is 1. The first-order chi connectivity index (χ1) is 15.1. The van der Waals surface area contributed by atoms with Crippen molar-refractivity contribution in [2.75, 3.05) is 25.1 Å². The fraction of sp³-hybridized carbons (Fsp3) is 0.348. The van der Waals surface area contributed by atoms with Crippen LogP contribution in [0.15, 0.2) is 53.1 Å². The molecule has 1 unspecified atom stereocenters. The van der Waals surface area contributed by atoms with E-state index >= 15 is 0 Å². The van der Waals surface area contributed by atoms with E-state index in [-0.39, 0.29) is 11.9 Å². The SMILES string of the molecule is COc1ccccc1N1CCCC(NC(=O)CCc2nc(-c3ccc(Cl)cc3)no2)C1. The zero-order chi connectivity index (χ0) is 21.6. The summed E-state index contributed by atoms with van der Waals surface area (Å²) < 4.78 is 10.8. The van der Waals surface area contributed by atoms with E-state index in [1.165, 1.54) is 0 Å². The lowest BCUT2D eigenvalue weighted by Crippen LogP contribution is -2.48. The van der Waals surface area contributed by atoms with Gasteiger partial charge >= 0.3 is 0 Å². The molecule has 0 radical (unpaired) electrons. The lowest BCUT2D eigenvalue weighted by molar-refractivity contribution is -0.121. The summed E-state index contributed by atoms with van der Waals surface area (Å²) in [7, 11) is 1.68. The van der Waals surface area contributed by atoms with E-state index in [0.29, 0.717) is 29.6 Å². The monoisotopic (exact) mass is 440 g/mol. The number of anilines is 1. The Morgan fingerprint density at radius 3 is 2.87 bits per heavy atom. The number of hydrogen-bond donors (Lipinski definition) is 1. The fourth-order valence-corrected chi connectivity index (χ4v) is 3.92. The molecule has 1 atom stereocenters. The molecule has 0 spiro atoms. The maximum absolute atomic E-state index is 12.5. The second-order valence-electron chi connectivity index (χ2n) is 7.54. The van der Waals surface area contributed by atoms with Gasteiger partial charge in [-0.2, -0.15) is 4.98 Å². The van der Waals surface area contributed by atoms with Crippen LogP contribution in [0.2, 0.25) is 5.02 Å². The molecule has 3 aromatic rings. The summed E-state index contributed by atoms with van der Waals surface area (Å²) in [4.78, 5) is 19.2. The quantitative estimate of drug-likeness (QED) is 0.595. The second-order valence-corrected chi connectivity index (χ2v) is 7.98. The molecule has 0 aliphatic carbocycles. The van der Waals surface area contributed by atoms with E-state index in [9.17, 15) is 4.79 Å². The number of piperidine rings is 1. The van der Waals surface area contributed by atoms with E-state index < -0.39 is 0 Å². The molecule has 0 bridgehead atoms. The minimum atomic E-state index is -0.0156. The Hall–Kier alpha value is -3.06. The number of carbonyl (C=O) groups is 1. The third-order valence-electron chi connectivity index (χ3n) is 5.35. The molecule has 1 saturated heterocycles. The Kier molecular flexibility index (Phi) is 6.72. The molecule has 1 aliphatic rings. The van der Waals surface area contributed by atoms with E-state index in [1.54, 1.807) is 19.2 Å². The van der Waals surface area contributed by atoms with Crippen LogP contribution in [0.3, 0.4) is 0 Å². The van der Waals surface area contributed by atoms with Crippen molar-refractivity contribution in [2.24, 2.45) is 0 Å². The first-order valence-electron chi connectivity index (χ1n) is 10.4. The molecule has 2 aromatic carbocycles. The van der Waals surface area contributed by atoms with Gasteiger partial charge in [0.25, 0.3) is 0 Å². The van der Waals surface area contributed by atoms with Gasteiger partial charge in [0.15, 0.2) is 0 Å². The Bertz CT molecular complexity index is 1020. The molecule has 1 aromatic heterocycles. The zero-order valence-corrected chi connectivity index (χ0v) is 18.1. The number of methoxy groups -OCH3 is 1. The number of carbonyl (C=O) groups excluding carboxylic acids is 1. The third-order valence-corrected chi connectivity index (χ3v) is 5.60. The lowest BCUT2D eigenvalue weighted by atomic mass is 10.0. The van der Waals surface area contributed by atoms with Gasteiger partial charge in [0.2, 0.25) is 17.6 Å². The molecule has 7 nitrogen and oxygen atoms in total. The van der Waals surface area contributed by atoms with Crippen molar-refractivity contribution in [3.05, 3.63) is 59.4 Å². The summed E-state index contributed by atoms with van der Waals surface area (Å²) in [5, 5.41) is 7.78. The highest BCUT2D eigenvalue weighted by atomic mass is 35.5. The largest absolute Gasteiger partial charge is 0.495 e. The van der Waals surface area contributed by atoms with Crippen LogP contribution < -0.4 is 15.0 Å². The first kappa shape index (κ1) is 21.2. The molecule has 8 heteroatoms. The van der Waals surface area contributed by atoms with Gasteiger partial charge in [0.1, 0.15) is 5.75 Å². The minimum Gasteiger partial charge on any atom is -0.495 e. The van der Waals surface area contributed by atoms with Crippen molar-refractivity contribution in [1.29, 1.82) is 0 Å². The summed E-state index contributed by atoms with van der Waals surface area (Å²) in [5.74, 6) is 1.77. The van der Waals surface area contributed by atoms with E-state index in [1.807, 2.05) is 30.3 Å². The van der Waals surface area contributed by atoms with Crippen molar-refractivity contribution >= 4 is 23.2 Å². The number of aromatic nitrogens is 2. The average molecular weight is 441 g/mol. The highest BCUT2D eigenvalue weighted by molar-refractivity contribution is 6.30. The molecule has 1 aliphatic heterocycles. The standard InChI is InChI=1S/C23H25ClN4O3/c1-30-20-7-3-2-6-19(20)28-14-4-5-18(15-28)25-21(29)12-13-22-26-23(27-31-22)16-8-10-17(24)11-9-16/h2-3,6-11,18H,4-5,12-15H2,1H3,(H,25,29). The van der Waals surface area contributed by atoms with Crippen LogP contribution in [0, 0.1) is 0 Å². The topological polar surface area (TPSA) is 80.5 Å². The number of para-hydroxylation sites is 2. The van der Waals surface area contributed by atoms with Crippen molar-refractivity contribution in [1.82, 2.24) is 15.5 Å². The van der Waals surface area contributed by atoms with Gasteiger partial charge in [-0.3, -0.25) is 4.79 Å². The third kappa shape index (κ3) is 5.35. The Labute approximate surface area is 186 Å². The summed E-state index contributed by atoms with van der Waals surface area (Å²) >= 11 is 5.91. The van der Waals surface area contributed by atoms with Crippen LogP contribution in [0.4, 0.5) is 5.69 Å². The number of halogens is 1. The molecule has 1 N–H and O–H groups in total. The van der Waals surface area contributed by atoms with Gasteiger partial charge in [-0.05, 0) is 49.2 Å². The Balaban J connectivity index is 1.29. The molecule has 1 amide bonds. The number of nitrogens with zero attached hydrogens (tertiary/aromatic N) is 3. The van der Waals surface area contributed by atoms with Crippen LogP contribution in [-0.2, 0) is 11.2 Å². The van der Waals surface area contributed by atoms with Gasteiger partial charge in [-0.15, -0.1) is 0 Å². The van der Waals surface area contributed by atoms with Crippen LogP contribution in [0.1, 0.15) is 25.2 Å². The van der Waals surface area contributed by atoms with Crippen LogP contribution in [-0.4, -0.2) is 42.3 Å². The molecule has 31 heavy (non-hydrogen) atoms. The van der Waals surface area contributed by atoms with Crippen molar-refractivity contribution in [2.45, 2.75) is 31.7 Å². The van der Waals surface area contributed by atoms with E-state index in [4.69, 9.17) is 20.9 Å². The number of amides is 1. The van der Waals surface area contributed by atoms with E-state index in [2.05, 4.69) is 26.4 Å². The zero-order valence-electron chi connectivity index (χ0n) is 17.4. The van der Waals surface area contributed by atoms with Crippen LogP contribution in [0.25, 0.3) is 11.4 Å². The lowest BCUT2D eigenvalue weighted by Gasteiger charge is -2.35. The summed E-state index contributed by atoms with van der Waals surface area (Å²) in [5.41, 5.74) is 1.88. The predicted octanol–water partition coefficient (Wildman–Crippen LogP) is 4.12. The fourth-order valence-electron chi connectivity index (χ4n) is 3.80. The first-order valence-corrected chi connectivity index (χ1v) is 10.8. The molecule has 4 rings (SSSR count). The van der Waals surface area contributed by atoms with Gasteiger partial charge in [-0.25, -0.2) is 0 Å². The molecule has 2 heterocycles. The maximum Gasteiger partial charge on any atom is 0.227 e. The number of aryl methyl sites for hydroxylation is 1. The second kappa shape index (κ2) is 9.83. The van der Waals surface area contributed by atoms with Crippen molar-refractivity contribution in [3.8, 4) is 17.1 Å². The van der Waals surface area contributed by atoms with Gasteiger partial charge in [0, 0.05) is 42.6 Å². The average Bonchev–Trinajstić information content (AvgIpc) is 3.27. The van der Waals surface area contributed by atoms with Gasteiger partial charge in [-0.1, -0.05) is 28.9 Å². The minimum absolute atomic E-state index is 0.0156. The number of ether oxygens (including phenoxy) is 1. The van der Waals surface area contributed by atoms with Gasteiger partial charge < -0.3 is 19.5 Å². The van der Waals surface area contributed by atoms with Crippen LogP contribution >= 0.6 is 11.6 Å². The molecular weight excluding hydrogens is 416 g/mol. The maximum atomic E-state index is 12.5. The summed E-state index contributed by atoms with van der Waals surface area (Å²) in [6, 6.07) is 15.3. The Morgan fingerprint density at radius 1 is 1.26 bits per heavy atom. The highest BCUT2D eigenvalue weighted by Gasteiger charge is 2.23. The summed E-state index contributed by atoms with van der Waals surface area (Å²) in [6.45, 7) is 1.70. The predicted molar refractivity (Wildman–Crippen MR) is 119 cm³/mol. The Morgan fingerprint density at radius 2 is 2.06 bits per heavy atom. The van der Waals surface area contributed by atoms with Crippen LogP contribution in [0.5, 0.6) is 5.75 Å². The molecule has 1 fully saturated rings.